The molecule has 9 heteroatoms. The summed E-state index contributed by atoms with van der Waals surface area (Å²) >= 11 is 0. The number of carbonyl (C=O) groups excluding carboxylic acids is 1. The zero-order valence-electron chi connectivity index (χ0n) is 15.7. The summed E-state index contributed by atoms with van der Waals surface area (Å²) in [5, 5.41) is 5.36. The lowest BCUT2D eigenvalue weighted by atomic mass is 10.3. The standard InChI is InChI=1S/C20H18F2N4O3/c1-12-8-19(28)26(20(23-12)25-14-5-3-4-13(21)9-14)11-18(27)24-15-6-7-17(29-2)16(22)10-15/h3-10H,11H2,1-2H3,(H,23,25)(H,24,27). The summed E-state index contributed by atoms with van der Waals surface area (Å²) in [6.07, 6.45) is 0. The van der Waals surface area contributed by atoms with Crippen molar-refractivity contribution in [2.45, 2.75) is 13.5 Å². The Hall–Kier alpha value is -3.75. The highest BCUT2D eigenvalue weighted by atomic mass is 19.1. The van der Waals surface area contributed by atoms with Gasteiger partial charge in [-0.05, 0) is 37.3 Å². The van der Waals surface area contributed by atoms with Crippen LogP contribution in [0.2, 0.25) is 0 Å². The van der Waals surface area contributed by atoms with Crippen molar-refractivity contribution < 1.29 is 18.3 Å². The zero-order chi connectivity index (χ0) is 21.0. The van der Waals surface area contributed by atoms with Crippen LogP contribution in [0, 0.1) is 18.6 Å². The van der Waals surface area contributed by atoms with Gasteiger partial charge in [0.2, 0.25) is 11.9 Å². The summed E-state index contributed by atoms with van der Waals surface area (Å²) in [5.41, 5.74) is 0.546. The van der Waals surface area contributed by atoms with Crippen LogP contribution in [0.4, 0.5) is 26.1 Å². The normalized spacial score (nSPS) is 10.5. The van der Waals surface area contributed by atoms with Crippen molar-refractivity contribution in [1.29, 1.82) is 0 Å². The molecular formula is C20H18F2N4O3. The van der Waals surface area contributed by atoms with Crippen LogP contribution in [0.25, 0.3) is 0 Å². The summed E-state index contributed by atoms with van der Waals surface area (Å²) in [6.45, 7) is 1.25. The SMILES string of the molecule is COc1ccc(NC(=O)Cn2c(Nc3cccc(F)c3)nc(C)cc2=O)cc1F. The first-order valence-corrected chi connectivity index (χ1v) is 8.60. The zero-order valence-corrected chi connectivity index (χ0v) is 15.7. The van der Waals surface area contributed by atoms with Gasteiger partial charge in [-0.1, -0.05) is 6.07 Å². The minimum absolute atomic E-state index is 0.0449. The molecule has 0 bridgehead atoms. The molecule has 0 aliphatic carbocycles. The number of ether oxygens (including phenoxy) is 1. The average Bonchev–Trinajstić information content (AvgIpc) is 2.65. The van der Waals surface area contributed by atoms with Gasteiger partial charge in [-0.25, -0.2) is 13.8 Å². The van der Waals surface area contributed by atoms with Crippen LogP contribution >= 0.6 is 0 Å². The van der Waals surface area contributed by atoms with Gasteiger partial charge >= 0.3 is 0 Å². The van der Waals surface area contributed by atoms with Crippen molar-refractivity contribution in [3.63, 3.8) is 0 Å². The van der Waals surface area contributed by atoms with Crippen LogP contribution in [-0.4, -0.2) is 22.6 Å². The number of carbonyl (C=O) groups is 1. The molecule has 3 aromatic rings. The predicted molar refractivity (Wildman–Crippen MR) is 104 cm³/mol. The van der Waals surface area contributed by atoms with Gasteiger partial charge < -0.3 is 15.4 Å². The van der Waals surface area contributed by atoms with Gasteiger partial charge in [0.05, 0.1) is 7.11 Å². The summed E-state index contributed by atoms with van der Waals surface area (Å²) in [4.78, 5) is 29.0. The first kappa shape index (κ1) is 20.0. The first-order valence-electron chi connectivity index (χ1n) is 8.60. The van der Waals surface area contributed by atoms with E-state index in [1.54, 1.807) is 13.0 Å². The van der Waals surface area contributed by atoms with Gasteiger partial charge in [0, 0.05) is 29.2 Å². The topological polar surface area (TPSA) is 85.2 Å². The Bertz CT molecular complexity index is 1120. The molecule has 0 spiro atoms. The molecular weight excluding hydrogens is 382 g/mol. The van der Waals surface area contributed by atoms with Gasteiger partial charge in [0.1, 0.15) is 12.4 Å². The van der Waals surface area contributed by atoms with E-state index < -0.39 is 23.1 Å². The third-order valence-corrected chi connectivity index (χ3v) is 3.95. The predicted octanol–water partition coefficient (Wildman–Crippen LogP) is 3.22. The van der Waals surface area contributed by atoms with Crippen molar-refractivity contribution in [1.82, 2.24) is 9.55 Å². The molecule has 0 aliphatic heterocycles. The van der Waals surface area contributed by atoms with Gasteiger partial charge in [0.25, 0.3) is 5.56 Å². The monoisotopic (exact) mass is 400 g/mol. The summed E-state index contributed by atoms with van der Waals surface area (Å²) in [5.74, 6) is -1.53. The number of aromatic nitrogens is 2. The number of amides is 1. The van der Waals surface area contributed by atoms with Crippen LogP contribution in [0.15, 0.2) is 53.3 Å². The molecule has 1 amide bonds. The molecule has 0 unspecified atom stereocenters. The van der Waals surface area contributed by atoms with Crippen LogP contribution in [0.5, 0.6) is 5.75 Å². The summed E-state index contributed by atoms with van der Waals surface area (Å²) in [7, 11) is 1.33. The Labute approximate surface area is 165 Å². The minimum atomic E-state index is -0.632. The second-order valence-electron chi connectivity index (χ2n) is 6.18. The highest BCUT2D eigenvalue weighted by molar-refractivity contribution is 5.90. The highest BCUT2D eigenvalue weighted by Crippen LogP contribution is 2.21. The number of nitrogens with one attached hydrogen (secondary N) is 2. The van der Waals surface area contributed by atoms with E-state index in [2.05, 4.69) is 15.6 Å². The van der Waals surface area contributed by atoms with Crippen molar-refractivity contribution >= 4 is 23.2 Å². The number of hydrogen-bond donors (Lipinski definition) is 2. The van der Waals surface area contributed by atoms with Crippen molar-refractivity contribution in [3.8, 4) is 5.75 Å². The lowest BCUT2D eigenvalue weighted by molar-refractivity contribution is -0.116. The minimum Gasteiger partial charge on any atom is -0.494 e. The lowest BCUT2D eigenvalue weighted by Gasteiger charge is -2.14. The van der Waals surface area contributed by atoms with E-state index in [4.69, 9.17) is 4.74 Å². The van der Waals surface area contributed by atoms with Crippen LogP contribution in [0.1, 0.15) is 5.69 Å². The smallest absolute Gasteiger partial charge is 0.255 e. The molecule has 1 heterocycles. The fourth-order valence-electron chi connectivity index (χ4n) is 2.65. The molecule has 0 radical (unpaired) electrons. The fraction of sp³-hybridized carbons (Fsp3) is 0.150. The van der Waals surface area contributed by atoms with E-state index in [0.29, 0.717) is 11.4 Å². The maximum atomic E-state index is 13.8. The highest BCUT2D eigenvalue weighted by Gasteiger charge is 2.13. The Kier molecular flexibility index (Phi) is 5.87. The summed E-state index contributed by atoms with van der Waals surface area (Å²) in [6, 6.07) is 10.9. The quantitative estimate of drug-likeness (QED) is 0.664. The number of methoxy groups -OCH3 is 1. The van der Waals surface area contributed by atoms with E-state index in [-0.39, 0.29) is 23.9 Å². The van der Waals surface area contributed by atoms with Gasteiger partial charge in [0.15, 0.2) is 11.6 Å². The molecule has 2 aromatic carbocycles. The molecule has 3 rings (SSSR count). The molecule has 0 saturated heterocycles. The molecule has 0 aliphatic rings. The Balaban J connectivity index is 1.83. The number of hydrogen-bond acceptors (Lipinski definition) is 5. The third kappa shape index (κ3) is 4.95. The second-order valence-corrected chi connectivity index (χ2v) is 6.18. The number of benzene rings is 2. The van der Waals surface area contributed by atoms with Gasteiger partial charge in [-0.2, -0.15) is 0 Å². The van der Waals surface area contributed by atoms with Crippen LogP contribution in [-0.2, 0) is 11.3 Å². The number of halogens is 2. The largest absolute Gasteiger partial charge is 0.494 e. The molecule has 1 aromatic heterocycles. The number of nitrogens with zero attached hydrogens (tertiary/aromatic N) is 2. The van der Waals surface area contributed by atoms with Crippen molar-refractivity contribution in [3.05, 3.63) is 76.2 Å². The molecule has 29 heavy (non-hydrogen) atoms. The van der Waals surface area contributed by atoms with E-state index in [1.807, 2.05) is 0 Å². The van der Waals surface area contributed by atoms with E-state index in [0.717, 1.165) is 10.6 Å². The maximum Gasteiger partial charge on any atom is 0.255 e. The van der Waals surface area contributed by atoms with E-state index in [1.165, 1.54) is 43.5 Å². The van der Waals surface area contributed by atoms with E-state index in [9.17, 15) is 18.4 Å². The Morgan fingerprint density at radius 3 is 2.62 bits per heavy atom. The van der Waals surface area contributed by atoms with Gasteiger partial charge in [-0.3, -0.25) is 14.2 Å². The number of aryl methyl sites for hydroxylation is 1. The van der Waals surface area contributed by atoms with E-state index >= 15 is 0 Å². The third-order valence-electron chi connectivity index (χ3n) is 3.95. The van der Waals surface area contributed by atoms with Gasteiger partial charge in [-0.15, -0.1) is 0 Å². The Morgan fingerprint density at radius 1 is 1.14 bits per heavy atom. The molecule has 0 atom stereocenters. The van der Waals surface area contributed by atoms with Crippen LogP contribution in [0.3, 0.4) is 0 Å². The molecule has 0 fully saturated rings. The van der Waals surface area contributed by atoms with Crippen molar-refractivity contribution in [2.75, 3.05) is 17.7 Å². The molecule has 2 N–H and O–H groups in total. The molecule has 0 saturated carbocycles. The number of anilines is 3. The Morgan fingerprint density at radius 2 is 1.93 bits per heavy atom. The lowest BCUT2D eigenvalue weighted by Crippen LogP contribution is -2.30. The fourth-order valence-corrected chi connectivity index (χ4v) is 2.65. The molecule has 150 valence electrons. The maximum absolute atomic E-state index is 13.8. The molecule has 7 nitrogen and oxygen atoms in total. The summed E-state index contributed by atoms with van der Waals surface area (Å²) < 4.78 is 33.2. The first-order chi connectivity index (χ1) is 13.9. The number of rotatable bonds is 6. The van der Waals surface area contributed by atoms with Crippen molar-refractivity contribution in [2.24, 2.45) is 0 Å². The average molecular weight is 400 g/mol. The van der Waals surface area contributed by atoms with Crippen LogP contribution < -0.4 is 20.9 Å². The second kappa shape index (κ2) is 8.51.